The summed E-state index contributed by atoms with van der Waals surface area (Å²) in [6, 6.07) is 6.63. The molecule has 0 aliphatic heterocycles. The van der Waals surface area contributed by atoms with E-state index < -0.39 is 0 Å². The number of thioether (sulfide) groups is 1. The van der Waals surface area contributed by atoms with Crippen molar-refractivity contribution < 1.29 is 4.74 Å². The van der Waals surface area contributed by atoms with Gasteiger partial charge in [-0.2, -0.15) is 11.8 Å². The summed E-state index contributed by atoms with van der Waals surface area (Å²) in [6.07, 6.45) is 2.24. The number of rotatable bonds is 10. The van der Waals surface area contributed by atoms with Crippen LogP contribution in [0.3, 0.4) is 0 Å². The van der Waals surface area contributed by atoms with Crippen LogP contribution >= 0.6 is 27.7 Å². The molecule has 0 saturated carbocycles. The van der Waals surface area contributed by atoms with Crippen LogP contribution in [0.5, 0.6) is 5.75 Å². The van der Waals surface area contributed by atoms with Crippen LogP contribution in [-0.4, -0.2) is 24.7 Å². The van der Waals surface area contributed by atoms with Gasteiger partial charge < -0.3 is 10.1 Å². The molecule has 114 valence electrons. The third kappa shape index (κ3) is 6.51. The Morgan fingerprint density at radius 2 is 2.15 bits per heavy atom. The van der Waals surface area contributed by atoms with Crippen LogP contribution in [0.15, 0.2) is 22.7 Å². The molecule has 0 fully saturated rings. The maximum absolute atomic E-state index is 5.98. The highest BCUT2D eigenvalue weighted by molar-refractivity contribution is 9.10. The first kappa shape index (κ1) is 17.9. The van der Waals surface area contributed by atoms with Crippen LogP contribution in [0, 0.1) is 0 Å². The summed E-state index contributed by atoms with van der Waals surface area (Å²) in [4.78, 5) is 0. The number of hydrogen-bond acceptors (Lipinski definition) is 3. The molecule has 1 atom stereocenters. The molecule has 0 aromatic heterocycles. The lowest BCUT2D eigenvalue weighted by Crippen LogP contribution is -2.20. The standard InChI is InChI=1S/C16H26BrNOS/c1-4-9-18-13(3)15-8-7-14(17)12-16(15)19-10-6-11-20-5-2/h7-8,12-13,18H,4-6,9-11H2,1-3H3. The molecule has 20 heavy (non-hydrogen) atoms. The molecule has 0 bridgehead atoms. The molecular weight excluding hydrogens is 334 g/mol. The molecule has 0 radical (unpaired) electrons. The van der Waals surface area contributed by atoms with Gasteiger partial charge in [-0.1, -0.05) is 35.8 Å². The molecule has 0 spiro atoms. The second-order valence-corrected chi connectivity index (χ2v) is 7.07. The summed E-state index contributed by atoms with van der Waals surface area (Å²) in [5.74, 6) is 3.35. The quantitative estimate of drug-likeness (QED) is 0.591. The van der Waals surface area contributed by atoms with E-state index >= 15 is 0 Å². The molecule has 0 amide bonds. The van der Waals surface area contributed by atoms with Crippen LogP contribution < -0.4 is 10.1 Å². The highest BCUT2D eigenvalue weighted by Crippen LogP contribution is 2.29. The summed E-state index contributed by atoms with van der Waals surface area (Å²) in [5, 5.41) is 3.52. The number of hydrogen-bond donors (Lipinski definition) is 1. The first-order chi connectivity index (χ1) is 9.69. The monoisotopic (exact) mass is 359 g/mol. The van der Waals surface area contributed by atoms with Gasteiger partial charge >= 0.3 is 0 Å². The number of benzene rings is 1. The Morgan fingerprint density at radius 1 is 1.35 bits per heavy atom. The van der Waals surface area contributed by atoms with Crippen LogP contribution in [0.25, 0.3) is 0 Å². The number of halogens is 1. The first-order valence-corrected chi connectivity index (χ1v) is 9.37. The average Bonchev–Trinajstić information content (AvgIpc) is 2.44. The van der Waals surface area contributed by atoms with Crippen LogP contribution in [0.4, 0.5) is 0 Å². The lowest BCUT2D eigenvalue weighted by molar-refractivity contribution is 0.312. The molecule has 1 rings (SSSR count). The molecule has 0 aliphatic carbocycles. The van der Waals surface area contributed by atoms with E-state index in [1.807, 2.05) is 11.8 Å². The van der Waals surface area contributed by atoms with E-state index in [4.69, 9.17) is 4.74 Å². The fourth-order valence-electron chi connectivity index (χ4n) is 1.95. The Bertz CT molecular complexity index is 387. The number of nitrogens with one attached hydrogen (secondary N) is 1. The van der Waals surface area contributed by atoms with E-state index in [2.05, 4.69) is 60.2 Å². The van der Waals surface area contributed by atoms with Gasteiger partial charge in [0.1, 0.15) is 5.75 Å². The smallest absolute Gasteiger partial charge is 0.125 e. The molecular formula is C16H26BrNOS. The van der Waals surface area contributed by atoms with Crippen LogP contribution in [0.2, 0.25) is 0 Å². The Balaban J connectivity index is 2.60. The molecule has 1 aromatic rings. The fourth-order valence-corrected chi connectivity index (χ4v) is 2.90. The highest BCUT2D eigenvalue weighted by atomic mass is 79.9. The van der Waals surface area contributed by atoms with Gasteiger partial charge in [-0.15, -0.1) is 0 Å². The number of ether oxygens (including phenoxy) is 1. The molecule has 0 aliphatic rings. The second-order valence-electron chi connectivity index (χ2n) is 4.76. The van der Waals surface area contributed by atoms with Crippen molar-refractivity contribution in [2.75, 3.05) is 24.7 Å². The average molecular weight is 360 g/mol. The third-order valence-corrected chi connectivity index (χ3v) is 4.52. The van der Waals surface area contributed by atoms with Crippen molar-refractivity contribution in [3.63, 3.8) is 0 Å². The van der Waals surface area contributed by atoms with Gasteiger partial charge in [-0.05, 0) is 49.9 Å². The van der Waals surface area contributed by atoms with Gasteiger partial charge in [0.25, 0.3) is 0 Å². The fraction of sp³-hybridized carbons (Fsp3) is 0.625. The van der Waals surface area contributed by atoms with Gasteiger partial charge in [0.15, 0.2) is 0 Å². The Kier molecular flexibility index (Phi) is 9.40. The van der Waals surface area contributed by atoms with Crippen LogP contribution in [-0.2, 0) is 0 Å². The Morgan fingerprint density at radius 3 is 2.85 bits per heavy atom. The third-order valence-electron chi connectivity index (χ3n) is 3.04. The van der Waals surface area contributed by atoms with E-state index in [-0.39, 0.29) is 0 Å². The molecule has 1 aromatic carbocycles. The zero-order valence-electron chi connectivity index (χ0n) is 12.7. The van der Waals surface area contributed by atoms with Crippen molar-refractivity contribution in [1.82, 2.24) is 5.32 Å². The first-order valence-electron chi connectivity index (χ1n) is 7.42. The van der Waals surface area contributed by atoms with Crippen molar-refractivity contribution >= 4 is 27.7 Å². The maximum atomic E-state index is 5.98. The Labute approximate surface area is 136 Å². The lowest BCUT2D eigenvalue weighted by atomic mass is 10.1. The topological polar surface area (TPSA) is 21.3 Å². The van der Waals surface area contributed by atoms with Gasteiger partial charge in [0.2, 0.25) is 0 Å². The summed E-state index contributed by atoms with van der Waals surface area (Å²) in [7, 11) is 0. The van der Waals surface area contributed by atoms with E-state index in [9.17, 15) is 0 Å². The predicted octanol–water partition coefficient (Wildman–Crippen LogP) is 5.03. The molecule has 4 heteroatoms. The lowest BCUT2D eigenvalue weighted by Gasteiger charge is -2.18. The zero-order valence-corrected chi connectivity index (χ0v) is 15.1. The minimum atomic E-state index is 0.322. The largest absolute Gasteiger partial charge is 0.493 e. The van der Waals surface area contributed by atoms with E-state index in [1.54, 1.807) is 0 Å². The summed E-state index contributed by atoms with van der Waals surface area (Å²) < 4.78 is 7.05. The molecule has 1 unspecified atom stereocenters. The normalized spacial score (nSPS) is 12.4. The van der Waals surface area contributed by atoms with Crippen molar-refractivity contribution in [3.8, 4) is 5.75 Å². The molecule has 1 N–H and O–H groups in total. The molecule has 2 nitrogen and oxygen atoms in total. The minimum absolute atomic E-state index is 0.322. The summed E-state index contributed by atoms with van der Waals surface area (Å²) in [5.41, 5.74) is 1.24. The summed E-state index contributed by atoms with van der Waals surface area (Å²) >= 11 is 5.49. The van der Waals surface area contributed by atoms with Gasteiger partial charge in [0.05, 0.1) is 6.61 Å². The van der Waals surface area contributed by atoms with E-state index in [0.29, 0.717) is 6.04 Å². The van der Waals surface area contributed by atoms with Crippen molar-refractivity contribution in [3.05, 3.63) is 28.2 Å². The van der Waals surface area contributed by atoms with Crippen molar-refractivity contribution in [2.45, 2.75) is 39.7 Å². The van der Waals surface area contributed by atoms with E-state index in [1.165, 1.54) is 17.1 Å². The van der Waals surface area contributed by atoms with Crippen molar-refractivity contribution in [2.24, 2.45) is 0 Å². The highest BCUT2D eigenvalue weighted by Gasteiger charge is 2.11. The van der Waals surface area contributed by atoms with Gasteiger partial charge in [-0.3, -0.25) is 0 Å². The second kappa shape index (κ2) is 10.5. The van der Waals surface area contributed by atoms with Gasteiger partial charge in [0, 0.05) is 16.1 Å². The minimum Gasteiger partial charge on any atom is -0.493 e. The predicted molar refractivity (Wildman–Crippen MR) is 94.0 cm³/mol. The summed E-state index contributed by atoms with van der Waals surface area (Å²) in [6.45, 7) is 8.39. The molecule has 0 saturated heterocycles. The molecule has 0 heterocycles. The zero-order chi connectivity index (χ0) is 14.8. The van der Waals surface area contributed by atoms with E-state index in [0.717, 1.165) is 36.2 Å². The van der Waals surface area contributed by atoms with Gasteiger partial charge in [-0.25, -0.2) is 0 Å². The SMILES string of the molecule is CCCNC(C)c1ccc(Br)cc1OCCCSCC. The van der Waals surface area contributed by atoms with Crippen LogP contribution in [0.1, 0.15) is 45.2 Å². The Hall–Kier alpha value is -0.190. The van der Waals surface area contributed by atoms with Crippen molar-refractivity contribution in [1.29, 1.82) is 0 Å². The maximum Gasteiger partial charge on any atom is 0.125 e.